The third kappa shape index (κ3) is 1.35. The monoisotopic (exact) mass is 203 g/mol. The number of ketones is 2. The predicted molar refractivity (Wildman–Crippen MR) is 57.3 cm³/mol. The summed E-state index contributed by atoms with van der Waals surface area (Å²) >= 11 is 0. The first-order valence-corrected chi connectivity index (χ1v) is 4.94. The second-order valence-electron chi connectivity index (χ2n) is 4.01. The SMILES string of the molecule is CC(=O)C1(C(C)=O)C=Cc2cc[nH]c2C1. The van der Waals surface area contributed by atoms with Crippen LogP contribution >= 0.6 is 0 Å². The Kier molecular flexibility index (Phi) is 2.11. The molecule has 1 aliphatic carbocycles. The predicted octanol–water partition coefficient (Wildman–Crippen LogP) is 1.75. The van der Waals surface area contributed by atoms with E-state index in [1.54, 1.807) is 6.08 Å². The minimum Gasteiger partial charge on any atom is -0.364 e. The van der Waals surface area contributed by atoms with Crippen LogP contribution in [0, 0.1) is 5.41 Å². The van der Waals surface area contributed by atoms with Crippen molar-refractivity contribution < 1.29 is 9.59 Å². The number of allylic oxidation sites excluding steroid dienone is 1. The average Bonchev–Trinajstić information content (AvgIpc) is 2.62. The van der Waals surface area contributed by atoms with E-state index >= 15 is 0 Å². The third-order valence-electron chi connectivity index (χ3n) is 3.13. The maximum absolute atomic E-state index is 11.6. The highest BCUT2D eigenvalue weighted by atomic mass is 16.2. The van der Waals surface area contributed by atoms with Crippen LogP contribution < -0.4 is 0 Å². The Morgan fingerprint density at radius 2 is 2.00 bits per heavy atom. The quantitative estimate of drug-likeness (QED) is 0.744. The molecule has 0 saturated carbocycles. The van der Waals surface area contributed by atoms with Gasteiger partial charge in [0.1, 0.15) is 17.0 Å². The number of aromatic nitrogens is 1. The number of carbonyl (C=O) groups is 2. The minimum absolute atomic E-state index is 0.0912. The first-order chi connectivity index (χ1) is 7.06. The Bertz CT molecular complexity index is 440. The van der Waals surface area contributed by atoms with Gasteiger partial charge in [-0.15, -0.1) is 0 Å². The molecule has 0 aromatic carbocycles. The smallest absolute Gasteiger partial charge is 0.147 e. The standard InChI is InChI=1S/C12H13NO2/c1-8(14)12(9(2)15)5-3-10-4-6-13-11(10)7-12/h3-6,13H,7H2,1-2H3. The molecule has 1 aromatic heterocycles. The van der Waals surface area contributed by atoms with Crippen molar-refractivity contribution in [2.45, 2.75) is 20.3 Å². The molecule has 0 unspecified atom stereocenters. The number of aromatic amines is 1. The molecule has 1 heterocycles. The molecule has 1 aliphatic rings. The van der Waals surface area contributed by atoms with Gasteiger partial charge in [-0.3, -0.25) is 9.59 Å². The zero-order valence-corrected chi connectivity index (χ0v) is 8.83. The molecule has 2 rings (SSSR count). The molecule has 0 radical (unpaired) electrons. The van der Waals surface area contributed by atoms with Crippen molar-refractivity contribution in [1.29, 1.82) is 0 Å². The number of rotatable bonds is 2. The number of carbonyl (C=O) groups excluding carboxylic acids is 2. The Morgan fingerprint density at radius 3 is 2.60 bits per heavy atom. The van der Waals surface area contributed by atoms with E-state index < -0.39 is 5.41 Å². The highest BCUT2D eigenvalue weighted by Gasteiger charge is 2.40. The van der Waals surface area contributed by atoms with Crippen LogP contribution in [0.1, 0.15) is 25.1 Å². The summed E-state index contributed by atoms with van der Waals surface area (Å²) in [6, 6.07) is 1.94. The van der Waals surface area contributed by atoms with Crippen LogP contribution in [0.5, 0.6) is 0 Å². The molecule has 3 nitrogen and oxygen atoms in total. The van der Waals surface area contributed by atoms with Gasteiger partial charge in [0.15, 0.2) is 0 Å². The number of H-pyrrole nitrogens is 1. The van der Waals surface area contributed by atoms with Gasteiger partial charge in [0, 0.05) is 18.3 Å². The summed E-state index contributed by atoms with van der Waals surface area (Å²) in [4.78, 5) is 26.3. The Balaban J connectivity index is 2.49. The lowest BCUT2D eigenvalue weighted by Gasteiger charge is -2.27. The Hall–Kier alpha value is -1.64. The van der Waals surface area contributed by atoms with Crippen LogP contribution in [0.25, 0.3) is 6.08 Å². The molecule has 0 amide bonds. The maximum atomic E-state index is 11.6. The molecule has 0 aliphatic heterocycles. The highest BCUT2D eigenvalue weighted by molar-refractivity contribution is 6.08. The van der Waals surface area contributed by atoms with Gasteiger partial charge in [0.2, 0.25) is 0 Å². The molecular weight excluding hydrogens is 190 g/mol. The number of hydrogen-bond donors (Lipinski definition) is 1. The van der Waals surface area contributed by atoms with Crippen molar-refractivity contribution in [3.05, 3.63) is 29.6 Å². The van der Waals surface area contributed by atoms with Gasteiger partial charge in [-0.1, -0.05) is 12.2 Å². The topological polar surface area (TPSA) is 49.9 Å². The van der Waals surface area contributed by atoms with E-state index in [2.05, 4.69) is 4.98 Å². The van der Waals surface area contributed by atoms with E-state index in [-0.39, 0.29) is 11.6 Å². The lowest BCUT2D eigenvalue weighted by molar-refractivity contribution is -0.135. The molecular formula is C12H13NO2. The van der Waals surface area contributed by atoms with Gasteiger partial charge in [0.05, 0.1) is 0 Å². The summed E-state index contributed by atoms with van der Waals surface area (Å²) < 4.78 is 0. The average molecular weight is 203 g/mol. The second-order valence-corrected chi connectivity index (χ2v) is 4.01. The fraction of sp³-hybridized carbons (Fsp3) is 0.333. The zero-order chi connectivity index (χ0) is 11.1. The van der Waals surface area contributed by atoms with Crippen molar-refractivity contribution in [2.24, 2.45) is 5.41 Å². The van der Waals surface area contributed by atoms with Crippen LogP contribution in [0.15, 0.2) is 18.3 Å². The first kappa shape index (κ1) is 9.90. The largest absolute Gasteiger partial charge is 0.364 e. The third-order valence-corrected chi connectivity index (χ3v) is 3.13. The molecule has 0 spiro atoms. The molecule has 1 N–H and O–H groups in total. The van der Waals surface area contributed by atoms with E-state index in [9.17, 15) is 9.59 Å². The van der Waals surface area contributed by atoms with Crippen molar-refractivity contribution >= 4 is 17.6 Å². The molecule has 78 valence electrons. The van der Waals surface area contributed by atoms with Crippen molar-refractivity contribution in [3.8, 4) is 0 Å². The van der Waals surface area contributed by atoms with Crippen LogP contribution in [0.3, 0.4) is 0 Å². The van der Waals surface area contributed by atoms with Gasteiger partial charge >= 0.3 is 0 Å². The first-order valence-electron chi connectivity index (χ1n) is 4.94. The molecule has 3 heteroatoms. The summed E-state index contributed by atoms with van der Waals surface area (Å²) in [5, 5.41) is 0. The Morgan fingerprint density at radius 1 is 1.33 bits per heavy atom. The van der Waals surface area contributed by atoms with E-state index in [0.29, 0.717) is 6.42 Å². The highest BCUT2D eigenvalue weighted by Crippen LogP contribution is 2.33. The van der Waals surface area contributed by atoms with Crippen LogP contribution in [-0.4, -0.2) is 16.6 Å². The van der Waals surface area contributed by atoms with Gasteiger partial charge < -0.3 is 4.98 Å². The molecule has 15 heavy (non-hydrogen) atoms. The number of Topliss-reactive ketones (excluding diaryl/α,β-unsaturated/α-hetero) is 2. The second kappa shape index (κ2) is 3.19. The summed E-state index contributed by atoms with van der Waals surface area (Å²) in [5.74, 6) is -0.182. The summed E-state index contributed by atoms with van der Waals surface area (Å²) in [7, 11) is 0. The fourth-order valence-corrected chi connectivity index (χ4v) is 2.03. The molecule has 1 aromatic rings. The van der Waals surface area contributed by atoms with Crippen LogP contribution in [-0.2, 0) is 16.0 Å². The van der Waals surface area contributed by atoms with Gasteiger partial charge in [-0.05, 0) is 25.5 Å². The van der Waals surface area contributed by atoms with E-state index in [4.69, 9.17) is 0 Å². The van der Waals surface area contributed by atoms with Crippen LogP contribution in [0.2, 0.25) is 0 Å². The van der Waals surface area contributed by atoms with E-state index in [1.165, 1.54) is 13.8 Å². The van der Waals surface area contributed by atoms with Crippen molar-refractivity contribution in [3.63, 3.8) is 0 Å². The maximum Gasteiger partial charge on any atom is 0.147 e. The Labute approximate surface area is 88.2 Å². The normalized spacial score (nSPS) is 17.2. The van der Waals surface area contributed by atoms with Crippen molar-refractivity contribution in [2.75, 3.05) is 0 Å². The zero-order valence-electron chi connectivity index (χ0n) is 8.83. The molecule has 0 bridgehead atoms. The number of nitrogens with one attached hydrogen (secondary N) is 1. The molecule has 0 atom stereocenters. The number of fused-ring (bicyclic) bond motifs is 1. The number of hydrogen-bond acceptors (Lipinski definition) is 2. The van der Waals surface area contributed by atoms with E-state index in [0.717, 1.165) is 11.3 Å². The summed E-state index contributed by atoms with van der Waals surface area (Å²) in [6.45, 7) is 2.94. The van der Waals surface area contributed by atoms with Crippen LogP contribution in [0.4, 0.5) is 0 Å². The minimum atomic E-state index is -0.947. The lowest BCUT2D eigenvalue weighted by Crippen LogP contribution is -2.38. The fourth-order valence-electron chi connectivity index (χ4n) is 2.03. The van der Waals surface area contributed by atoms with Gasteiger partial charge in [-0.25, -0.2) is 0 Å². The van der Waals surface area contributed by atoms with E-state index in [1.807, 2.05) is 18.3 Å². The lowest BCUT2D eigenvalue weighted by atomic mass is 9.73. The summed E-state index contributed by atoms with van der Waals surface area (Å²) in [6.07, 6.45) is 5.85. The van der Waals surface area contributed by atoms with Gasteiger partial charge in [-0.2, -0.15) is 0 Å². The molecule has 0 fully saturated rings. The summed E-state index contributed by atoms with van der Waals surface area (Å²) in [5.41, 5.74) is 1.08. The van der Waals surface area contributed by atoms with Gasteiger partial charge in [0.25, 0.3) is 0 Å². The molecule has 0 saturated heterocycles. The van der Waals surface area contributed by atoms with Crippen molar-refractivity contribution in [1.82, 2.24) is 4.98 Å².